The normalized spacial score (nSPS) is 20.2. The van der Waals surface area contributed by atoms with Gasteiger partial charge in [-0.3, -0.25) is 4.79 Å². The Kier molecular flexibility index (Phi) is 6.40. The molecule has 1 aromatic carbocycles. The van der Waals surface area contributed by atoms with E-state index in [1.807, 2.05) is 0 Å². The number of carboxylic acid groups (broad SMARTS) is 1. The van der Waals surface area contributed by atoms with E-state index < -0.39 is 11.8 Å². The summed E-state index contributed by atoms with van der Waals surface area (Å²) in [6.07, 6.45) is 2.51. The van der Waals surface area contributed by atoms with Gasteiger partial charge in [0.25, 0.3) is 0 Å². The van der Waals surface area contributed by atoms with Crippen LogP contribution in [-0.2, 0) is 4.79 Å². The van der Waals surface area contributed by atoms with E-state index in [0.29, 0.717) is 32.2 Å². The van der Waals surface area contributed by atoms with E-state index in [0.717, 1.165) is 0 Å². The number of rotatable bonds is 6. The standard InChI is InChI=1S/C17H23FN2O4/c1-20(10-11-24-15-5-3-2-4-14(15)18)17(23)19-13-8-6-12(7-9-13)16(21)22/h2-5,12-13H,6-11H2,1H3,(H,19,23)(H,21,22). The maximum atomic E-state index is 13.4. The van der Waals surface area contributed by atoms with Crippen LogP contribution in [0.15, 0.2) is 24.3 Å². The Morgan fingerprint density at radius 1 is 1.29 bits per heavy atom. The first-order valence-corrected chi connectivity index (χ1v) is 8.09. The second-order valence-corrected chi connectivity index (χ2v) is 6.04. The molecule has 7 heteroatoms. The Labute approximate surface area is 140 Å². The number of likely N-dealkylation sites (N-methyl/N-ethyl adjacent to an activating group) is 1. The lowest BCUT2D eigenvalue weighted by Gasteiger charge is -2.28. The van der Waals surface area contributed by atoms with Gasteiger partial charge in [0.05, 0.1) is 12.5 Å². The first-order chi connectivity index (χ1) is 11.5. The van der Waals surface area contributed by atoms with Crippen molar-refractivity contribution < 1.29 is 23.8 Å². The molecule has 132 valence electrons. The lowest BCUT2D eigenvalue weighted by atomic mass is 9.86. The number of amides is 2. The van der Waals surface area contributed by atoms with E-state index in [2.05, 4.69) is 5.32 Å². The first kappa shape index (κ1) is 18.0. The quantitative estimate of drug-likeness (QED) is 0.835. The molecule has 1 fully saturated rings. The third-order valence-electron chi connectivity index (χ3n) is 4.27. The molecule has 0 aromatic heterocycles. The number of carboxylic acids is 1. The van der Waals surface area contributed by atoms with Crippen LogP contribution in [0.1, 0.15) is 25.7 Å². The Morgan fingerprint density at radius 3 is 2.58 bits per heavy atom. The molecule has 1 aliphatic rings. The molecule has 0 bridgehead atoms. The van der Waals surface area contributed by atoms with Crippen molar-refractivity contribution in [2.45, 2.75) is 31.7 Å². The molecule has 1 aromatic rings. The minimum atomic E-state index is -0.762. The molecular formula is C17H23FN2O4. The number of benzene rings is 1. The van der Waals surface area contributed by atoms with Gasteiger partial charge >= 0.3 is 12.0 Å². The van der Waals surface area contributed by atoms with Crippen LogP contribution < -0.4 is 10.1 Å². The lowest BCUT2D eigenvalue weighted by molar-refractivity contribution is -0.142. The number of halogens is 1. The molecule has 0 radical (unpaired) electrons. The Morgan fingerprint density at radius 2 is 1.96 bits per heavy atom. The van der Waals surface area contributed by atoms with Crippen molar-refractivity contribution in [1.82, 2.24) is 10.2 Å². The van der Waals surface area contributed by atoms with Crippen LogP contribution in [0.4, 0.5) is 9.18 Å². The largest absolute Gasteiger partial charge is 0.489 e. The number of carbonyl (C=O) groups is 2. The van der Waals surface area contributed by atoms with Crippen molar-refractivity contribution in [3.63, 3.8) is 0 Å². The van der Waals surface area contributed by atoms with Crippen LogP contribution in [-0.4, -0.2) is 48.2 Å². The molecule has 0 spiro atoms. The second-order valence-electron chi connectivity index (χ2n) is 6.04. The molecule has 1 aliphatic carbocycles. The fourth-order valence-electron chi connectivity index (χ4n) is 2.73. The summed E-state index contributed by atoms with van der Waals surface area (Å²) in [6, 6.07) is 5.90. The van der Waals surface area contributed by atoms with E-state index in [4.69, 9.17) is 9.84 Å². The smallest absolute Gasteiger partial charge is 0.317 e. The second kappa shape index (κ2) is 8.52. The zero-order chi connectivity index (χ0) is 17.5. The van der Waals surface area contributed by atoms with E-state index in [1.54, 1.807) is 19.2 Å². The number of nitrogens with one attached hydrogen (secondary N) is 1. The van der Waals surface area contributed by atoms with Gasteiger partial charge in [0.15, 0.2) is 11.6 Å². The Balaban J connectivity index is 1.69. The third kappa shape index (κ3) is 5.11. The zero-order valence-corrected chi connectivity index (χ0v) is 13.7. The predicted molar refractivity (Wildman–Crippen MR) is 86.4 cm³/mol. The van der Waals surface area contributed by atoms with Gasteiger partial charge < -0.3 is 20.1 Å². The zero-order valence-electron chi connectivity index (χ0n) is 13.7. The van der Waals surface area contributed by atoms with E-state index >= 15 is 0 Å². The van der Waals surface area contributed by atoms with E-state index in [-0.39, 0.29) is 30.3 Å². The molecular weight excluding hydrogens is 315 g/mol. The highest BCUT2D eigenvalue weighted by Crippen LogP contribution is 2.24. The highest BCUT2D eigenvalue weighted by atomic mass is 19.1. The van der Waals surface area contributed by atoms with Crippen molar-refractivity contribution in [2.75, 3.05) is 20.2 Å². The SMILES string of the molecule is CN(CCOc1ccccc1F)C(=O)NC1CCC(C(=O)O)CC1. The molecule has 0 heterocycles. The Bertz CT molecular complexity index is 573. The van der Waals surface area contributed by atoms with E-state index in [1.165, 1.54) is 17.0 Å². The molecule has 24 heavy (non-hydrogen) atoms. The summed E-state index contributed by atoms with van der Waals surface area (Å²) in [5.74, 6) is -1.33. The minimum absolute atomic E-state index is 0.00281. The summed E-state index contributed by atoms with van der Waals surface area (Å²) in [5, 5.41) is 11.9. The van der Waals surface area contributed by atoms with Crippen LogP contribution in [0.5, 0.6) is 5.75 Å². The fraction of sp³-hybridized carbons (Fsp3) is 0.529. The number of aliphatic carboxylic acids is 1. The fourth-order valence-corrected chi connectivity index (χ4v) is 2.73. The number of carbonyl (C=O) groups excluding carboxylic acids is 1. The van der Waals surface area contributed by atoms with Gasteiger partial charge in [0.1, 0.15) is 6.61 Å². The van der Waals surface area contributed by atoms with Crippen molar-refractivity contribution in [2.24, 2.45) is 5.92 Å². The van der Waals surface area contributed by atoms with Crippen LogP contribution in [0, 0.1) is 11.7 Å². The lowest BCUT2D eigenvalue weighted by Crippen LogP contribution is -2.45. The molecule has 6 nitrogen and oxygen atoms in total. The molecule has 0 aliphatic heterocycles. The molecule has 0 atom stereocenters. The average molecular weight is 338 g/mol. The third-order valence-corrected chi connectivity index (χ3v) is 4.27. The van der Waals surface area contributed by atoms with Gasteiger partial charge in [0.2, 0.25) is 0 Å². The Hall–Kier alpha value is -2.31. The van der Waals surface area contributed by atoms with Crippen molar-refractivity contribution in [3.8, 4) is 5.75 Å². The number of hydrogen-bond donors (Lipinski definition) is 2. The van der Waals surface area contributed by atoms with Crippen molar-refractivity contribution in [3.05, 3.63) is 30.1 Å². The van der Waals surface area contributed by atoms with Gasteiger partial charge in [-0.2, -0.15) is 0 Å². The van der Waals surface area contributed by atoms with Crippen molar-refractivity contribution >= 4 is 12.0 Å². The van der Waals surface area contributed by atoms with Crippen LogP contribution in [0.25, 0.3) is 0 Å². The summed E-state index contributed by atoms with van der Waals surface area (Å²) >= 11 is 0. The van der Waals surface area contributed by atoms with Gasteiger partial charge in [-0.1, -0.05) is 12.1 Å². The molecule has 0 unspecified atom stereocenters. The molecule has 2 N–H and O–H groups in total. The summed E-state index contributed by atoms with van der Waals surface area (Å²) in [6.45, 7) is 0.515. The highest BCUT2D eigenvalue weighted by Gasteiger charge is 2.27. The first-order valence-electron chi connectivity index (χ1n) is 8.09. The molecule has 2 amide bonds. The van der Waals surface area contributed by atoms with Crippen LogP contribution in [0.2, 0.25) is 0 Å². The summed E-state index contributed by atoms with van der Waals surface area (Å²) in [5.41, 5.74) is 0. The number of para-hydroxylation sites is 1. The summed E-state index contributed by atoms with van der Waals surface area (Å²) < 4.78 is 18.7. The van der Waals surface area contributed by atoms with Gasteiger partial charge in [-0.05, 0) is 37.8 Å². The average Bonchev–Trinajstić information content (AvgIpc) is 2.57. The predicted octanol–water partition coefficient (Wildman–Crippen LogP) is 2.49. The maximum absolute atomic E-state index is 13.4. The van der Waals surface area contributed by atoms with Crippen LogP contribution in [0.3, 0.4) is 0 Å². The molecule has 0 saturated heterocycles. The number of urea groups is 1. The monoisotopic (exact) mass is 338 g/mol. The van der Waals surface area contributed by atoms with Crippen molar-refractivity contribution in [1.29, 1.82) is 0 Å². The number of nitrogens with zero attached hydrogens (tertiary/aromatic N) is 1. The molecule has 1 saturated carbocycles. The molecule has 2 rings (SSSR count). The summed E-state index contributed by atoms with van der Waals surface area (Å²) in [7, 11) is 1.64. The summed E-state index contributed by atoms with van der Waals surface area (Å²) in [4.78, 5) is 24.5. The highest BCUT2D eigenvalue weighted by molar-refractivity contribution is 5.74. The number of hydrogen-bond acceptors (Lipinski definition) is 3. The van der Waals surface area contributed by atoms with Gasteiger partial charge in [-0.15, -0.1) is 0 Å². The topological polar surface area (TPSA) is 78.9 Å². The minimum Gasteiger partial charge on any atom is -0.489 e. The number of ether oxygens (including phenoxy) is 1. The van der Waals surface area contributed by atoms with Crippen LogP contribution >= 0.6 is 0 Å². The maximum Gasteiger partial charge on any atom is 0.317 e. The van der Waals surface area contributed by atoms with Gasteiger partial charge in [0, 0.05) is 13.1 Å². The van der Waals surface area contributed by atoms with Gasteiger partial charge in [-0.25, -0.2) is 9.18 Å². The van der Waals surface area contributed by atoms with E-state index in [9.17, 15) is 14.0 Å².